The van der Waals surface area contributed by atoms with Crippen molar-refractivity contribution < 1.29 is 9.47 Å². The Balaban J connectivity index is 2.19. The van der Waals surface area contributed by atoms with E-state index in [9.17, 15) is 5.26 Å². The number of nitriles is 1. The summed E-state index contributed by atoms with van der Waals surface area (Å²) in [6.45, 7) is 0.398. The molecule has 1 aromatic carbocycles. The van der Waals surface area contributed by atoms with Gasteiger partial charge in [0.1, 0.15) is 23.2 Å². The molecule has 26 heavy (non-hydrogen) atoms. The third-order valence-electron chi connectivity index (χ3n) is 4.01. The second kappa shape index (κ2) is 7.64. The molecule has 3 aromatic rings. The summed E-state index contributed by atoms with van der Waals surface area (Å²) in [7, 11) is 3.23. The Morgan fingerprint density at radius 3 is 2.65 bits per heavy atom. The average molecular weight is 346 g/mol. The molecule has 0 fully saturated rings. The summed E-state index contributed by atoms with van der Waals surface area (Å²) in [4.78, 5) is 8.48. The SMILES string of the molecule is COCc1cc(-c2cc(-c3cccnc3)nc(N)c2C#N)ccc1OC. The second-order valence-electron chi connectivity index (χ2n) is 5.63. The molecular formula is C20H18N4O2. The minimum absolute atomic E-state index is 0.188. The molecule has 3 rings (SSSR count). The first-order valence-electron chi connectivity index (χ1n) is 7.95. The summed E-state index contributed by atoms with van der Waals surface area (Å²) >= 11 is 0. The zero-order valence-electron chi connectivity index (χ0n) is 14.6. The predicted molar refractivity (Wildman–Crippen MR) is 99.3 cm³/mol. The topological polar surface area (TPSA) is 94.0 Å². The fourth-order valence-electron chi connectivity index (χ4n) is 2.79. The lowest BCUT2D eigenvalue weighted by atomic mass is 9.97. The van der Waals surface area contributed by atoms with Crippen LogP contribution in [0.1, 0.15) is 11.1 Å². The number of anilines is 1. The number of rotatable bonds is 5. The number of hydrogen-bond donors (Lipinski definition) is 1. The van der Waals surface area contributed by atoms with Gasteiger partial charge in [-0.3, -0.25) is 4.98 Å². The van der Waals surface area contributed by atoms with Crippen LogP contribution in [0.5, 0.6) is 5.75 Å². The summed E-state index contributed by atoms with van der Waals surface area (Å²) in [5.41, 5.74) is 10.3. The van der Waals surface area contributed by atoms with E-state index in [-0.39, 0.29) is 5.82 Å². The molecule has 0 saturated carbocycles. The zero-order chi connectivity index (χ0) is 18.5. The van der Waals surface area contributed by atoms with Crippen LogP contribution in [0.15, 0.2) is 48.8 Å². The highest BCUT2D eigenvalue weighted by Crippen LogP contribution is 2.33. The van der Waals surface area contributed by atoms with E-state index in [0.717, 1.165) is 22.4 Å². The van der Waals surface area contributed by atoms with Gasteiger partial charge in [0.15, 0.2) is 0 Å². The molecular weight excluding hydrogens is 328 g/mol. The molecule has 0 unspecified atom stereocenters. The van der Waals surface area contributed by atoms with E-state index >= 15 is 0 Å². The Labute approximate surface area is 151 Å². The molecule has 0 aliphatic rings. The number of ether oxygens (including phenoxy) is 2. The molecule has 0 radical (unpaired) electrons. The van der Waals surface area contributed by atoms with Crippen molar-refractivity contribution in [3.05, 3.63) is 59.9 Å². The van der Waals surface area contributed by atoms with Crippen molar-refractivity contribution in [1.82, 2.24) is 9.97 Å². The molecule has 0 bridgehead atoms. The van der Waals surface area contributed by atoms with Gasteiger partial charge < -0.3 is 15.2 Å². The maximum absolute atomic E-state index is 9.56. The van der Waals surface area contributed by atoms with Crippen molar-refractivity contribution in [2.24, 2.45) is 0 Å². The Morgan fingerprint density at radius 2 is 2.00 bits per heavy atom. The third-order valence-corrected chi connectivity index (χ3v) is 4.01. The maximum atomic E-state index is 9.56. The van der Waals surface area contributed by atoms with Crippen molar-refractivity contribution in [2.75, 3.05) is 20.0 Å². The Bertz CT molecular complexity index is 966. The van der Waals surface area contributed by atoms with E-state index in [1.165, 1.54) is 0 Å². The summed E-state index contributed by atoms with van der Waals surface area (Å²) < 4.78 is 10.6. The third kappa shape index (κ3) is 3.34. The van der Waals surface area contributed by atoms with Gasteiger partial charge in [-0.15, -0.1) is 0 Å². The molecule has 0 aliphatic carbocycles. The maximum Gasteiger partial charge on any atom is 0.142 e. The first-order chi connectivity index (χ1) is 12.7. The standard InChI is InChI=1S/C20H18N4O2/c1-25-12-15-8-13(5-6-19(15)26-2)16-9-18(14-4-3-7-23-11-14)24-20(22)17(16)10-21/h3-9,11H,12H2,1-2H3,(H2,22,24). The van der Waals surface area contributed by atoms with Crippen LogP contribution in [-0.2, 0) is 11.3 Å². The molecule has 0 aliphatic heterocycles. The van der Waals surface area contributed by atoms with Gasteiger partial charge in [-0.1, -0.05) is 6.07 Å². The molecule has 0 amide bonds. The number of nitrogens with two attached hydrogens (primary N) is 1. The van der Waals surface area contributed by atoms with Crippen LogP contribution < -0.4 is 10.5 Å². The van der Waals surface area contributed by atoms with Crippen LogP contribution >= 0.6 is 0 Å². The van der Waals surface area contributed by atoms with Crippen molar-refractivity contribution >= 4 is 5.82 Å². The number of benzene rings is 1. The fraction of sp³-hybridized carbons (Fsp3) is 0.150. The highest BCUT2D eigenvalue weighted by Gasteiger charge is 2.15. The van der Waals surface area contributed by atoms with E-state index in [2.05, 4.69) is 16.0 Å². The minimum Gasteiger partial charge on any atom is -0.496 e. The van der Waals surface area contributed by atoms with Gasteiger partial charge in [0, 0.05) is 36.2 Å². The van der Waals surface area contributed by atoms with Gasteiger partial charge in [-0.2, -0.15) is 5.26 Å². The Kier molecular flexibility index (Phi) is 5.11. The van der Waals surface area contributed by atoms with Crippen LogP contribution in [-0.4, -0.2) is 24.2 Å². The van der Waals surface area contributed by atoms with Crippen LogP contribution in [0.3, 0.4) is 0 Å². The van der Waals surface area contributed by atoms with Crippen LogP contribution in [0, 0.1) is 11.3 Å². The van der Waals surface area contributed by atoms with Gasteiger partial charge >= 0.3 is 0 Å². The predicted octanol–water partition coefficient (Wildman–Crippen LogP) is 3.42. The van der Waals surface area contributed by atoms with E-state index in [1.807, 2.05) is 36.4 Å². The molecule has 2 heterocycles. The lowest BCUT2D eigenvalue weighted by Gasteiger charge is -2.13. The van der Waals surface area contributed by atoms with Crippen molar-refractivity contribution in [1.29, 1.82) is 5.26 Å². The molecule has 6 nitrogen and oxygen atoms in total. The number of hydrogen-bond acceptors (Lipinski definition) is 6. The lowest BCUT2D eigenvalue weighted by Crippen LogP contribution is -2.01. The number of methoxy groups -OCH3 is 2. The number of nitrogen functional groups attached to an aromatic ring is 1. The van der Waals surface area contributed by atoms with Gasteiger partial charge in [0.05, 0.1) is 19.4 Å². The molecule has 130 valence electrons. The van der Waals surface area contributed by atoms with Gasteiger partial charge in [0.2, 0.25) is 0 Å². The van der Waals surface area contributed by atoms with E-state index in [1.54, 1.807) is 26.6 Å². The van der Waals surface area contributed by atoms with Gasteiger partial charge in [-0.05, 0) is 35.9 Å². The quantitative estimate of drug-likeness (QED) is 0.761. The van der Waals surface area contributed by atoms with Crippen molar-refractivity contribution in [3.8, 4) is 34.2 Å². The van der Waals surface area contributed by atoms with Gasteiger partial charge in [0.25, 0.3) is 0 Å². The normalized spacial score (nSPS) is 10.3. The van der Waals surface area contributed by atoms with Gasteiger partial charge in [-0.25, -0.2) is 4.98 Å². The highest BCUT2D eigenvalue weighted by molar-refractivity contribution is 5.80. The lowest BCUT2D eigenvalue weighted by molar-refractivity contribution is 0.181. The van der Waals surface area contributed by atoms with E-state index in [0.29, 0.717) is 23.4 Å². The monoisotopic (exact) mass is 346 g/mol. The Hall–Kier alpha value is -3.43. The zero-order valence-corrected chi connectivity index (χ0v) is 14.6. The molecule has 0 spiro atoms. The summed E-state index contributed by atoms with van der Waals surface area (Å²) in [6, 6.07) is 13.4. The highest BCUT2D eigenvalue weighted by atomic mass is 16.5. The number of aromatic nitrogens is 2. The summed E-state index contributed by atoms with van der Waals surface area (Å²) in [5, 5.41) is 9.56. The van der Waals surface area contributed by atoms with Crippen molar-refractivity contribution in [3.63, 3.8) is 0 Å². The summed E-state index contributed by atoms with van der Waals surface area (Å²) in [6.07, 6.45) is 3.40. The van der Waals surface area contributed by atoms with Crippen molar-refractivity contribution in [2.45, 2.75) is 6.61 Å². The molecule has 2 N–H and O–H groups in total. The Morgan fingerprint density at radius 1 is 1.15 bits per heavy atom. The largest absolute Gasteiger partial charge is 0.496 e. The molecule has 0 saturated heterocycles. The fourth-order valence-corrected chi connectivity index (χ4v) is 2.79. The number of nitrogens with zero attached hydrogens (tertiary/aromatic N) is 3. The van der Waals surface area contributed by atoms with Crippen LogP contribution in [0.25, 0.3) is 22.4 Å². The minimum atomic E-state index is 0.188. The first-order valence-corrected chi connectivity index (χ1v) is 7.95. The average Bonchev–Trinajstić information content (AvgIpc) is 2.68. The van der Waals surface area contributed by atoms with E-state index in [4.69, 9.17) is 15.2 Å². The van der Waals surface area contributed by atoms with Crippen LogP contribution in [0.2, 0.25) is 0 Å². The number of pyridine rings is 2. The first kappa shape index (κ1) is 17.4. The molecule has 2 aromatic heterocycles. The summed E-state index contributed by atoms with van der Waals surface area (Å²) in [5.74, 6) is 0.914. The molecule has 0 atom stereocenters. The molecule has 6 heteroatoms. The smallest absolute Gasteiger partial charge is 0.142 e. The van der Waals surface area contributed by atoms with E-state index < -0.39 is 0 Å². The second-order valence-corrected chi connectivity index (χ2v) is 5.63. The van der Waals surface area contributed by atoms with Crippen LogP contribution in [0.4, 0.5) is 5.82 Å².